The molecule has 2 aromatic rings. The van der Waals surface area contributed by atoms with E-state index in [1.165, 1.54) is 0 Å². The maximum Gasteiger partial charge on any atom is 0.367 e. The summed E-state index contributed by atoms with van der Waals surface area (Å²) < 4.78 is 59.5. The largest absolute Gasteiger partial charge is 0.481 e. The maximum atomic E-state index is 12.3. The normalized spacial score (nSPS) is 12.5. The second kappa shape index (κ2) is 24.3. The number of primary amides is 1. The van der Waals surface area contributed by atoms with Gasteiger partial charge in [-0.3, -0.25) is 14.3 Å². The summed E-state index contributed by atoms with van der Waals surface area (Å²) in [5.41, 5.74) is 8.75. The number of carbonyl (C=O) groups is 1. The van der Waals surface area contributed by atoms with Crippen molar-refractivity contribution in [1.82, 2.24) is 10.5 Å². The Morgan fingerprint density at radius 2 is 1.18 bits per heavy atom. The van der Waals surface area contributed by atoms with Crippen molar-refractivity contribution < 1.29 is 56.7 Å². The van der Waals surface area contributed by atoms with Gasteiger partial charge in [0.25, 0.3) is 0 Å². The molecular weight excluding hydrogens is 710 g/mol. The molecule has 5 N–H and O–H groups in total. The number of hydrogen-bond acceptors (Lipinski definition) is 14. The number of carbonyl (C=O) groups excluding carboxylic acids is 2. The predicted molar refractivity (Wildman–Crippen MR) is 192 cm³/mol. The number of isocyanates is 1. The Labute approximate surface area is 296 Å². The summed E-state index contributed by atoms with van der Waals surface area (Å²) >= 11 is 0. The molecule has 0 aromatic heterocycles. The molecule has 50 heavy (non-hydrogen) atoms. The summed E-state index contributed by atoms with van der Waals surface area (Å²) in [7, 11) is -7.93. The highest BCUT2D eigenvalue weighted by atomic mass is 31.2. The number of urea groups is 1. The van der Waals surface area contributed by atoms with Crippen molar-refractivity contribution >= 4 is 35.5 Å². The lowest BCUT2D eigenvalue weighted by Crippen LogP contribution is -2.34. The van der Waals surface area contributed by atoms with Crippen LogP contribution in [-0.2, 0) is 32.0 Å². The molecule has 2 rings (SSSR count). The molecule has 0 aliphatic carbocycles. The first-order chi connectivity index (χ1) is 23.4. The van der Waals surface area contributed by atoms with Gasteiger partial charge in [-0.05, 0) is 96.6 Å². The van der Waals surface area contributed by atoms with Crippen LogP contribution in [0.1, 0.15) is 64.8 Å². The third-order valence-corrected chi connectivity index (χ3v) is 10.3. The molecule has 0 saturated carbocycles. The van der Waals surface area contributed by atoms with Gasteiger partial charge in [0.1, 0.15) is 11.5 Å². The standard InChI is InChI=1S/C14H23N2O6P.C13H22NO5P.C4H9NOSi/c1-4-21-23(19,22-5-2)10-20-13-8-6-12(7-9-13)11(3)16(18)14(15)17;1-4-18-20(16,19-5-2)10-17-13-8-6-12(7-9-13)11(3)14-15;1-7(2,3)5-4-6/h6-9,11,18H,4-5,10H2,1-3H3,(H2,15,17);6-9,11,14-15H,4-5,10H2,1-3H3;1-3H3. The van der Waals surface area contributed by atoms with Crippen LogP contribution >= 0.6 is 15.2 Å². The van der Waals surface area contributed by atoms with Crippen LogP contribution in [0, 0.1) is 0 Å². The van der Waals surface area contributed by atoms with Crippen LogP contribution in [0.4, 0.5) is 4.79 Å². The van der Waals surface area contributed by atoms with Crippen molar-refractivity contribution in [3.63, 3.8) is 0 Å². The van der Waals surface area contributed by atoms with Crippen LogP contribution in [0.3, 0.4) is 0 Å². The first-order valence-corrected chi connectivity index (χ1v) is 22.8. The van der Waals surface area contributed by atoms with E-state index in [-0.39, 0.29) is 32.0 Å². The number of benzene rings is 2. The summed E-state index contributed by atoms with van der Waals surface area (Å²) in [4.78, 5) is 20.5. The number of nitrogens with zero attached hydrogens (tertiary/aromatic N) is 2. The molecule has 0 bridgehead atoms. The predicted octanol–water partition coefficient (Wildman–Crippen LogP) is 7.61. The van der Waals surface area contributed by atoms with Gasteiger partial charge in [0.05, 0.1) is 38.5 Å². The van der Waals surface area contributed by atoms with Crippen molar-refractivity contribution in [3.8, 4) is 11.5 Å². The van der Waals surface area contributed by atoms with E-state index in [1.54, 1.807) is 77.1 Å². The van der Waals surface area contributed by atoms with Gasteiger partial charge in [-0.2, -0.15) is 10.5 Å². The van der Waals surface area contributed by atoms with Crippen molar-refractivity contribution in [2.24, 2.45) is 10.4 Å². The molecule has 284 valence electrons. The number of nitrogens with two attached hydrogens (primary N) is 1. The molecular formula is C31H54N4O12P2Si. The molecule has 2 amide bonds. The van der Waals surface area contributed by atoms with Crippen molar-refractivity contribution in [3.05, 3.63) is 59.7 Å². The second-order valence-corrected chi connectivity index (χ2v) is 19.7. The van der Waals surface area contributed by atoms with E-state index in [2.05, 4.69) is 10.1 Å². The highest BCUT2D eigenvalue weighted by molar-refractivity contribution is 7.53. The Balaban J connectivity index is 0.000000812. The van der Waals surface area contributed by atoms with Gasteiger partial charge < -0.3 is 38.5 Å². The molecule has 0 saturated heterocycles. The highest BCUT2D eigenvalue weighted by Gasteiger charge is 2.26. The van der Waals surface area contributed by atoms with Crippen LogP contribution in [0.25, 0.3) is 0 Å². The monoisotopic (exact) mass is 764 g/mol. The fourth-order valence-electron chi connectivity index (χ4n) is 3.56. The van der Waals surface area contributed by atoms with Gasteiger partial charge >= 0.3 is 21.2 Å². The molecule has 2 unspecified atom stereocenters. The van der Waals surface area contributed by atoms with E-state index in [1.807, 2.05) is 38.7 Å². The fraction of sp³-hybridized carbons (Fsp3) is 0.548. The number of hydroxylamine groups is 3. The topological polar surface area (TPSA) is 218 Å². The minimum Gasteiger partial charge on any atom is -0.481 e. The van der Waals surface area contributed by atoms with Crippen LogP contribution in [0.5, 0.6) is 11.5 Å². The van der Waals surface area contributed by atoms with Gasteiger partial charge in [0.2, 0.25) is 6.08 Å². The molecule has 0 heterocycles. The average Bonchev–Trinajstić information content (AvgIpc) is 3.06. The van der Waals surface area contributed by atoms with Crippen LogP contribution in [0.2, 0.25) is 19.6 Å². The quantitative estimate of drug-likeness (QED) is 0.0271. The third-order valence-electron chi connectivity index (χ3n) is 5.99. The van der Waals surface area contributed by atoms with Crippen LogP contribution in [-0.4, -0.2) is 74.9 Å². The number of nitrogens with one attached hydrogen (secondary N) is 1. The van der Waals surface area contributed by atoms with Crippen LogP contribution in [0.15, 0.2) is 53.2 Å². The molecule has 0 radical (unpaired) electrons. The molecule has 0 aliphatic heterocycles. The molecule has 0 aliphatic rings. The van der Waals surface area contributed by atoms with E-state index >= 15 is 0 Å². The van der Waals surface area contributed by atoms with Gasteiger partial charge in [0, 0.05) is 0 Å². The summed E-state index contributed by atoms with van der Waals surface area (Å²) in [6, 6.07) is 12.0. The SMILES string of the molecule is CCOP(=O)(COc1ccc(C(C)N(O)C(N)=O)cc1)OCC.CCOP(=O)(COc1ccc(C(C)NO)cc1)OCC.C[Si](C)(C)N=C=O. The lowest BCUT2D eigenvalue weighted by atomic mass is 10.1. The number of ether oxygens (including phenoxy) is 2. The summed E-state index contributed by atoms with van der Waals surface area (Å²) in [6.07, 6.45) is 1.22. The van der Waals surface area contributed by atoms with Crippen LogP contribution < -0.4 is 20.7 Å². The number of hydrogen-bond donors (Lipinski definition) is 4. The van der Waals surface area contributed by atoms with Crippen molar-refractivity contribution in [2.75, 3.05) is 39.1 Å². The summed E-state index contributed by atoms with van der Waals surface area (Å²) in [5.74, 6) is 1.03. The first kappa shape index (κ1) is 47.1. The van der Waals surface area contributed by atoms with E-state index in [9.17, 15) is 23.9 Å². The van der Waals surface area contributed by atoms with Gasteiger partial charge in [0.15, 0.2) is 20.9 Å². The Kier molecular flexibility index (Phi) is 22.9. The smallest absolute Gasteiger partial charge is 0.367 e. The van der Waals surface area contributed by atoms with E-state index in [0.29, 0.717) is 35.3 Å². The molecule has 19 heteroatoms. The lowest BCUT2D eigenvalue weighted by Gasteiger charge is -2.21. The Morgan fingerprint density at radius 1 is 0.820 bits per heavy atom. The minimum absolute atomic E-state index is 0.123. The molecule has 16 nitrogen and oxygen atoms in total. The summed E-state index contributed by atoms with van der Waals surface area (Å²) in [5, 5.41) is 18.8. The second-order valence-electron chi connectivity index (χ2n) is 11.2. The lowest BCUT2D eigenvalue weighted by molar-refractivity contribution is -0.0710. The van der Waals surface area contributed by atoms with Gasteiger partial charge in [-0.15, -0.1) is 0 Å². The van der Waals surface area contributed by atoms with Gasteiger partial charge in [-0.25, -0.2) is 14.2 Å². The molecule has 0 fully saturated rings. The maximum absolute atomic E-state index is 12.3. The fourth-order valence-corrected chi connectivity index (χ4v) is 6.47. The zero-order chi connectivity index (χ0) is 38.4. The van der Waals surface area contributed by atoms with E-state index in [4.69, 9.17) is 38.5 Å². The Hall–Kier alpha value is -2.91. The Morgan fingerprint density at radius 3 is 1.44 bits per heavy atom. The summed E-state index contributed by atoms with van der Waals surface area (Å²) in [6.45, 7) is 17.5. The average molecular weight is 765 g/mol. The zero-order valence-electron chi connectivity index (χ0n) is 30.4. The third kappa shape index (κ3) is 19.5. The molecule has 0 spiro atoms. The first-order valence-electron chi connectivity index (χ1n) is 15.9. The van der Waals surface area contributed by atoms with Crippen molar-refractivity contribution in [1.29, 1.82) is 0 Å². The zero-order valence-corrected chi connectivity index (χ0v) is 33.1. The highest BCUT2D eigenvalue weighted by Crippen LogP contribution is 2.48. The number of amides is 2. The number of rotatable bonds is 19. The minimum atomic E-state index is -3.28. The van der Waals surface area contributed by atoms with Crippen molar-refractivity contribution in [2.45, 2.75) is 73.3 Å². The Bertz CT molecular complexity index is 1370. The molecule has 2 atom stereocenters. The van der Waals surface area contributed by atoms with E-state index in [0.717, 1.165) is 5.56 Å². The van der Waals surface area contributed by atoms with E-state index < -0.39 is 35.5 Å². The van der Waals surface area contributed by atoms with Gasteiger partial charge in [-0.1, -0.05) is 24.3 Å². The molecule has 2 aromatic carbocycles.